The Balaban J connectivity index is 2.06. The van der Waals surface area contributed by atoms with E-state index in [1.807, 2.05) is 13.8 Å². The normalized spacial score (nSPS) is 44.8. The second-order valence-corrected chi connectivity index (χ2v) is 4.69. The predicted molar refractivity (Wildman–Crippen MR) is 54.5 cm³/mol. The highest BCUT2D eigenvalue weighted by atomic mass is 127. The maximum atomic E-state index is 5.79. The molecule has 3 unspecified atom stereocenters. The van der Waals surface area contributed by atoms with Crippen molar-refractivity contribution in [2.24, 2.45) is 0 Å². The molecule has 0 amide bonds. The zero-order valence-corrected chi connectivity index (χ0v) is 9.50. The van der Waals surface area contributed by atoms with Gasteiger partial charge in [0, 0.05) is 17.0 Å². The summed E-state index contributed by atoms with van der Waals surface area (Å²) in [5, 5.41) is 3.39. The van der Waals surface area contributed by atoms with Crippen LogP contribution in [0.1, 0.15) is 13.8 Å². The zero-order valence-electron chi connectivity index (χ0n) is 7.34. The summed E-state index contributed by atoms with van der Waals surface area (Å²) in [6.07, 6.45) is 0.525. The molecule has 2 saturated heterocycles. The van der Waals surface area contributed by atoms with Gasteiger partial charge in [-0.15, -0.1) is 0 Å². The van der Waals surface area contributed by atoms with Crippen LogP contribution in [0.3, 0.4) is 0 Å². The number of halogens is 1. The Hall–Kier alpha value is 0.610. The average Bonchev–Trinajstić information content (AvgIpc) is 2.42. The molecule has 0 radical (unpaired) electrons. The molecule has 4 heteroatoms. The molecule has 3 atom stereocenters. The molecule has 2 aliphatic heterocycles. The minimum atomic E-state index is -0.374. The summed E-state index contributed by atoms with van der Waals surface area (Å²) in [5.74, 6) is -0.374. The van der Waals surface area contributed by atoms with Crippen molar-refractivity contribution in [3.05, 3.63) is 0 Å². The first-order chi connectivity index (χ1) is 5.62. The molecule has 2 heterocycles. The Morgan fingerprint density at radius 3 is 2.92 bits per heavy atom. The first-order valence-corrected chi connectivity index (χ1v) is 5.80. The van der Waals surface area contributed by atoms with Crippen LogP contribution in [0.15, 0.2) is 0 Å². The van der Waals surface area contributed by atoms with Gasteiger partial charge >= 0.3 is 0 Å². The molecule has 1 N–H and O–H groups in total. The highest BCUT2D eigenvalue weighted by Crippen LogP contribution is 2.33. The lowest BCUT2D eigenvalue weighted by molar-refractivity contribution is -0.152. The van der Waals surface area contributed by atoms with Crippen LogP contribution < -0.4 is 5.32 Å². The smallest absolute Gasteiger partial charge is 0.163 e. The molecule has 0 aliphatic carbocycles. The van der Waals surface area contributed by atoms with Crippen molar-refractivity contribution in [1.82, 2.24) is 5.32 Å². The van der Waals surface area contributed by atoms with Crippen molar-refractivity contribution in [3.63, 3.8) is 0 Å². The van der Waals surface area contributed by atoms with Crippen LogP contribution in [-0.4, -0.2) is 35.0 Å². The highest BCUT2D eigenvalue weighted by molar-refractivity contribution is 14.1. The Bertz CT molecular complexity index is 186. The molecule has 0 spiro atoms. The van der Waals surface area contributed by atoms with Gasteiger partial charge in [-0.25, -0.2) is 0 Å². The summed E-state index contributed by atoms with van der Waals surface area (Å²) in [7, 11) is 0. The molecule has 0 bridgehead atoms. The minimum Gasteiger partial charge on any atom is -0.343 e. The standard InChI is InChI=1S/C8H14INO2/c1-8(2)11-6-4-10-5(3-9)7(6)12-8/h5-7,10H,3-4H2,1-2H3. The number of hydrogen-bond donors (Lipinski definition) is 1. The fourth-order valence-corrected chi connectivity index (χ4v) is 2.70. The van der Waals surface area contributed by atoms with E-state index in [9.17, 15) is 0 Å². The molecule has 0 aromatic carbocycles. The van der Waals surface area contributed by atoms with E-state index >= 15 is 0 Å². The van der Waals surface area contributed by atoms with Gasteiger partial charge in [0.1, 0.15) is 12.2 Å². The lowest BCUT2D eigenvalue weighted by Crippen LogP contribution is -2.36. The van der Waals surface area contributed by atoms with Crippen molar-refractivity contribution in [2.75, 3.05) is 11.0 Å². The summed E-state index contributed by atoms with van der Waals surface area (Å²) >= 11 is 2.38. The van der Waals surface area contributed by atoms with E-state index in [0.717, 1.165) is 11.0 Å². The van der Waals surface area contributed by atoms with E-state index < -0.39 is 0 Å². The Morgan fingerprint density at radius 1 is 1.50 bits per heavy atom. The van der Waals surface area contributed by atoms with Crippen LogP contribution in [0.4, 0.5) is 0 Å². The first-order valence-electron chi connectivity index (χ1n) is 4.27. The molecule has 2 rings (SSSR count). The summed E-state index contributed by atoms with van der Waals surface area (Å²) in [6.45, 7) is 4.90. The van der Waals surface area contributed by atoms with Crippen LogP contribution in [-0.2, 0) is 9.47 Å². The summed E-state index contributed by atoms with van der Waals surface area (Å²) in [6, 6.07) is 0.470. The highest BCUT2D eigenvalue weighted by Gasteiger charge is 2.48. The van der Waals surface area contributed by atoms with E-state index in [2.05, 4.69) is 27.9 Å². The Morgan fingerprint density at radius 2 is 2.25 bits per heavy atom. The zero-order chi connectivity index (χ0) is 8.77. The van der Waals surface area contributed by atoms with Gasteiger partial charge < -0.3 is 14.8 Å². The SMILES string of the molecule is CC1(C)OC2CNC(CI)C2O1. The van der Waals surface area contributed by atoms with E-state index in [1.165, 1.54) is 0 Å². The maximum Gasteiger partial charge on any atom is 0.163 e. The van der Waals surface area contributed by atoms with Gasteiger partial charge in [0.25, 0.3) is 0 Å². The van der Waals surface area contributed by atoms with E-state index in [4.69, 9.17) is 9.47 Å². The molecule has 12 heavy (non-hydrogen) atoms. The number of rotatable bonds is 1. The molecule has 2 aliphatic rings. The van der Waals surface area contributed by atoms with Crippen molar-refractivity contribution in [1.29, 1.82) is 0 Å². The first kappa shape index (κ1) is 9.18. The van der Waals surface area contributed by atoms with Gasteiger partial charge in [-0.2, -0.15) is 0 Å². The summed E-state index contributed by atoms with van der Waals surface area (Å²) in [5.41, 5.74) is 0. The van der Waals surface area contributed by atoms with Gasteiger partial charge in [0.15, 0.2) is 5.79 Å². The molecule has 2 fully saturated rings. The molecule has 3 nitrogen and oxygen atoms in total. The number of hydrogen-bond acceptors (Lipinski definition) is 3. The van der Waals surface area contributed by atoms with Crippen LogP contribution in [0.2, 0.25) is 0 Å². The quantitative estimate of drug-likeness (QED) is 0.573. The molecular weight excluding hydrogens is 269 g/mol. The van der Waals surface area contributed by atoms with Crippen LogP contribution in [0, 0.1) is 0 Å². The molecule has 0 aromatic heterocycles. The molecule has 70 valence electrons. The molecule has 0 saturated carbocycles. The van der Waals surface area contributed by atoms with Gasteiger partial charge in [-0.1, -0.05) is 22.6 Å². The van der Waals surface area contributed by atoms with Crippen molar-refractivity contribution in [2.45, 2.75) is 37.9 Å². The van der Waals surface area contributed by atoms with Crippen LogP contribution >= 0.6 is 22.6 Å². The second-order valence-electron chi connectivity index (χ2n) is 3.81. The number of fused-ring (bicyclic) bond motifs is 1. The molecular formula is C8H14INO2. The third kappa shape index (κ3) is 1.49. The van der Waals surface area contributed by atoms with Crippen LogP contribution in [0.5, 0.6) is 0 Å². The minimum absolute atomic E-state index is 0.261. The number of alkyl halides is 1. The lowest BCUT2D eigenvalue weighted by atomic mass is 10.2. The number of ether oxygens (including phenoxy) is 2. The average molecular weight is 283 g/mol. The lowest BCUT2D eigenvalue weighted by Gasteiger charge is -2.20. The monoisotopic (exact) mass is 283 g/mol. The van der Waals surface area contributed by atoms with Gasteiger partial charge in [-0.3, -0.25) is 0 Å². The Labute approximate surface area is 86.3 Å². The van der Waals surface area contributed by atoms with Gasteiger partial charge in [-0.05, 0) is 13.8 Å². The van der Waals surface area contributed by atoms with E-state index in [-0.39, 0.29) is 18.0 Å². The topological polar surface area (TPSA) is 30.5 Å². The second kappa shape index (κ2) is 3.08. The van der Waals surface area contributed by atoms with Gasteiger partial charge in [0.2, 0.25) is 0 Å². The van der Waals surface area contributed by atoms with E-state index in [1.54, 1.807) is 0 Å². The maximum absolute atomic E-state index is 5.79. The van der Waals surface area contributed by atoms with Crippen molar-refractivity contribution >= 4 is 22.6 Å². The fraction of sp³-hybridized carbons (Fsp3) is 1.00. The van der Waals surface area contributed by atoms with Crippen molar-refractivity contribution < 1.29 is 9.47 Å². The van der Waals surface area contributed by atoms with Crippen molar-refractivity contribution in [3.8, 4) is 0 Å². The van der Waals surface area contributed by atoms with Gasteiger partial charge in [0.05, 0.1) is 0 Å². The Kier molecular flexibility index (Phi) is 2.35. The van der Waals surface area contributed by atoms with E-state index in [0.29, 0.717) is 6.04 Å². The predicted octanol–water partition coefficient (Wildman–Crippen LogP) is 0.913. The van der Waals surface area contributed by atoms with Crippen LogP contribution in [0.25, 0.3) is 0 Å². The molecule has 0 aromatic rings. The summed E-state index contributed by atoms with van der Waals surface area (Å²) < 4.78 is 12.6. The summed E-state index contributed by atoms with van der Waals surface area (Å²) in [4.78, 5) is 0. The third-order valence-corrected chi connectivity index (χ3v) is 3.31. The third-order valence-electron chi connectivity index (χ3n) is 2.37. The number of nitrogens with one attached hydrogen (secondary N) is 1. The largest absolute Gasteiger partial charge is 0.343 e. The fourth-order valence-electron chi connectivity index (χ4n) is 1.89.